The summed E-state index contributed by atoms with van der Waals surface area (Å²) < 4.78 is 0. The highest BCUT2D eigenvalue weighted by Gasteiger charge is 2.25. The first kappa shape index (κ1) is 20.0. The summed E-state index contributed by atoms with van der Waals surface area (Å²) in [5.74, 6) is 0.858. The second kappa shape index (κ2) is 9.06. The quantitative estimate of drug-likeness (QED) is 0.679. The summed E-state index contributed by atoms with van der Waals surface area (Å²) in [6.07, 6.45) is 4.29. The van der Waals surface area contributed by atoms with Crippen LogP contribution in [0.4, 0.5) is 5.82 Å². The number of likely N-dealkylation sites (tertiary alicyclic amines) is 1. The van der Waals surface area contributed by atoms with Crippen LogP contribution >= 0.6 is 0 Å². The molecular weight excluding hydrogens is 384 g/mol. The highest BCUT2D eigenvalue weighted by Crippen LogP contribution is 2.27. The molecule has 2 fully saturated rings. The van der Waals surface area contributed by atoms with Crippen LogP contribution in [0, 0.1) is 0 Å². The largest absolute Gasteiger partial charge is 0.356 e. The van der Waals surface area contributed by atoms with Crippen LogP contribution < -0.4 is 10.2 Å². The fourth-order valence-corrected chi connectivity index (χ4v) is 4.78. The van der Waals surface area contributed by atoms with Gasteiger partial charge in [0.25, 0.3) is 5.91 Å². The van der Waals surface area contributed by atoms with E-state index in [1.807, 2.05) is 30.3 Å². The Morgan fingerprint density at radius 1 is 0.935 bits per heavy atom. The monoisotopic (exact) mass is 414 g/mol. The lowest BCUT2D eigenvalue weighted by Crippen LogP contribution is -2.44. The molecule has 0 spiro atoms. The Bertz CT molecular complexity index is 1040. The normalized spacial score (nSPS) is 17.9. The molecule has 5 nitrogen and oxygen atoms in total. The molecule has 31 heavy (non-hydrogen) atoms. The molecule has 0 bridgehead atoms. The van der Waals surface area contributed by atoms with Crippen LogP contribution in [0.2, 0.25) is 0 Å². The summed E-state index contributed by atoms with van der Waals surface area (Å²) in [5, 5.41) is 4.34. The first-order valence-corrected chi connectivity index (χ1v) is 11.5. The molecular formula is C26H30N4O. The van der Waals surface area contributed by atoms with Crippen LogP contribution in [0.3, 0.4) is 0 Å². The van der Waals surface area contributed by atoms with Crippen molar-refractivity contribution in [1.29, 1.82) is 0 Å². The van der Waals surface area contributed by atoms with Gasteiger partial charge >= 0.3 is 0 Å². The summed E-state index contributed by atoms with van der Waals surface area (Å²) in [6.45, 7) is 4.95. The number of carbonyl (C=O) groups is 1. The first-order chi connectivity index (χ1) is 15.3. The highest BCUT2D eigenvalue weighted by molar-refractivity contribution is 6.02. The van der Waals surface area contributed by atoms with Crippen molar-refractivity contribution in [3.05, 3.63) is 71.8 Å². The standard InChI is InChI=1S/C26H30N4O/c31-26(27-22-12-16-29(17-13-22)19-20-8-2-1-3-9-20)23-18-21-10-4-5-11-24(21)28-25(23)30-14-6-7-15-30/h1-5,8-11,18,22H,6-7,12-17,19H2,(H,27,31). The van der Waals surface area contributed by atoms with Gasteiger partial charge in [-0.05, 0) is 43.4 Å². The number of rotatable bonds is 5. The van der Waals surface area contributed by atoms with Gasteiger partial charge in [0.2, 0.25) is 0 Å². The topological polar surface area (TPSA) is 48.5 Å². The van der Waals surface area contributed by atoms with Gasteiger partial charge in [0.15, 0.2) is 0 Å². The van der Waals surface area contributed by atoms with Gasteiger partial charge in [-0.1, -0.05) is 48.5 Å². The van der Waals surface area contributed by atoms with Crippen LogP contribution in [0.15, 0.2) is 60.7 Å². The zero-order chi connectivity index (χ0) is 21.0. The maximum Gasteiger partial charge on any atom is 0.255 e. The second-order valence-electron chi connectivity index (χ2n) is 8.76. The second-order valence-corrected chi connectivity index (χ2v) is 8.76. The molecule has 0 atom stereocenters. The third-order valence-electron chi connectivity index (χ3n) is 6.53. The van der Waals surface area contributed by atoms with E-state index in [1.165, 1.54) is 5.56 Å². The lowest BCUT2D eigenvalue weighted by Gasteiger charge is -2.32. The number of para-hydroxylation sites is 1. The minimum absolute atomic E-state index is 0.0154. The molecule has 2 saturated heterocycles. The van der Waals surface area contributed by atoms with E-state index in [4.69, 9.17) is 4.98 Å². The van der Waals surface area contributed by atoms with Crippen molar-refractivity contribution in [1.82, 2.24) is 15.2 Å². The van der Waals surface area contributed by atoms with Crippen molar-refractivity contribution in [3.8, 4) is 0 Å². The molecule has 0 saturated carbocycles. The number of piperidine rings is 1. The number of pyridine rings is 1. The number of benzene rings is 2. The summed E-state index contributed by atoms with van der Waals surface area (Å²) in [5.41, 5.74) is 3.02. The van der Waals surface area contributed by atoms with Crippen LogP contribution in [0.1, 0.15) is 41.6 Å². The lowest BCUT2D eigenvalue weighted by atomic mass is 10.0. The van der Waals surface area contributed by atoms with Crippen molar-refractivity contribution in [2.75, 3.05) is 31.1 Å². The number of hydrogen-bond acceptors (Lipinski definition) is 4. The maximum absolute atomic E-state index is 13.3. The molecule has 0 unspecified atom stereocenters. The van der Waals surface area contributed by atoms with Crippen molar-refractivity contribution in [2.45, 2.75) is 38.3 Å². The molecule has 1 aromatic heterocycles. The molecule has 3 heterocycles. The number of hydrogen-bond donors (Lipinski definition) is 1. The number of amides is 1. The molecule has 1 amide bonds. The van der Waals surface area contributed by atoms with Gasteiger partial charge in [0, 0.05) is 44.2 Å². The molecule has 2 aliphatic rings. The average Bonchev–Trinajstić information content (AvgIpc) is 3.35. The fraction of sp³-hybridized carbons (Fsp3) is 0.385. The van der Waals surface area contributed by atoms with E-state index in [9.17, 15) is 4.79 Å². The van der Waals surface area contributed by atoms with E-state index >= 15 is 0 Å². The van der Waals surface area contributed by atoms with Crippen molar-refractivity contribution in [3.63, 3.8) is 0 Å². The SMILES string of the molecule is O=C(NC1CCN(Cc2ccccc2)CC1)c1cc2ccccc2nc1N1CCCC1. The van der Waals surface area contributed by atoms with Gasteiger partial charge in [-0.3, -0.25) is 9.69 Å². The van der Waals surface area contributed by atoms with Gasteiger partial charge in [-0.15, -0.1) is 0 Å². The van der Waals surface area contributed by atoms with Crippen LogP contribution in [0.5, 0.6) is 0 Å². The van der Waals surface area contributed by atoms with Gasteiger partial charge in [0.05, 0.1) is 11.1 Å². The highest BCUT2D eigenvalue weighted by atomic mass is 16.1. The Balaban J connectivity index is 1.27. The lowest BCUT2D eigenvalue weighted by molar-refractivity contribution is 0.0909. The predicted octanol–water partition coefficient (Wildman–Crippen LogP) is 4.23. The minimum atomic E-state index is 0.0154. The minimum Gasteiger partial charge on any atom is -0.356 e. The molecule has 3 aromatic rings. The first-order valence-electron chi connectivity index (χ1n) is 11.5. The molecule has 1 N–H and O–H groups in total. The van der Waals surface area contributed by atoms with Crippen molar-refractivity contribution in [2.24, 2.45) is 0 Å². The molecule has 160 valence electrons. The zero-order valence-corrected chi connectivity index (χ0v) is 18.0. The average molecular weight is 415 g/mol. The van der Waals surface area contributed by atoms with Gasteiger partial charge in [-0.2, -0.15) is 0 Å². The number of fused-ring (bicyclic) bond motifs is 1. The predicted molar refractivity (Wildman–Crippen MR) is 125 cm³/mol. The summed E-state index contributed by atoms with van der Waals surface area (Å²) in [4.78, 5) is 22.9. The number of aromatic nitrogens is 1. The number of nitrogens with one attached hydrogen (secondary N) is 1. The van der Waals surface area contributed by atoms with Crippen LogP contribution in [0.25, 0.3) is 10.9 Å². The summed E-state index contributed by atoms with van der Waals surface area (Å²) in [6, 6.07) is 20.9. The summed E-state index contributed by atoms with van der Waals surface area (Å²) in [7, 11) is 0. The third-order valence-corrected chi connectivity index (χ3v) is 6.53. The molecule has 5 rings (SSSR count). The maximum atomic E-state index is 13.3. The number of nitrogens with zero attached hydrogens (tertiary/aromatic N) is 3. The van der Waals surface area contributed by atoms with E-state index in [2.05, 4.69) is 45.4 Å². The van der Waals surface area contributed by atoms with Crippen molar-refractivity contribution < 1.29 is 4.79 Å². The van der Waals surface area contributed by atoms with Gasteiger partial charge in [0.1, 0.15) is 5.82 Å². The Hall–Kier alpha value is -2.92. The van der Waals surface area contributed by atoms with Gasteiger partial charge in [-0.25, -0.2) is 4.98 Å². The van der Waals surface area contributed by atoms with Crippen LogP contribution in [-0.2, 0) is 6.54 Å². The van der Waals surface area contributed by atoms with Crippen molar-refractivity contribution >= 4 is 22.6 Å². The molecule has 5 heteroatoms. The molecule has 0 aliphatic carbocycles. The van der Waals surface area contributed by atoms with E-state index in [0.717, 1.165) is 75.1 Å². The van der Waals surface area contributed by atoms with E-state index < -0.39 is 0 Å². The molecule has 0 radical (unpaired) electrons. The smallest absolute Gasteiger partial charge is 0.255 e. The van der Waals surface area contributed by atoms with E-state index in [0.29, 0.717) is 5.56 Å². The Morgan fingerprint density at radius 3 is 2.42 bits per heavy atom. The molecule has 2 aromatic carbocycles. The van der Waals surface area contributed by atoms with Crippen LogP contribution in [-0.4, -0.2) is 48.0 Å². The Labute approximate surface area is 184 Å². The third kappa shape index (κ3) is 4.57. The van der Waals surface area contributed by atoms with Gasteiger partial charge < -0.3 is 10.2 Å². The van der Waals surface area contributed by atoms with E-state index in [1.54, 1.807) is 0 Å². The Kier molecular flexibility index (Phi) is 5.85. The summed E-state index contributed by atoms with van der Waals surface area (Å²) >= 11 is 0. The number of anilines is 1. The Morgan fingerprint density at radius 2 is 1.65 bits per heavy atom. The van der Waals surface area contributed by atoms with E-state index in [-0.39, 0.29) is 11.9 Å². The number of carbonyl (C=O) groups excluding carboxylic acids is 1. The fourth-order valence-electron chi connectivity index (χ4n) is 4.78. The molecule has 2 aliphatic heterocycles. The zero-order valence-electron chi connectivity index (χ0n) is 18.0.